The highest BCUT2D eigenvalue weighted by atomic mass is 16.5. The van der Waals surface area contributed by atoms with E-state index in [9.17, 15) is 5.11 Å². The van der Waals surface area contributed by atoms with Crippen molar-refractivity contribution in [1.82, 2.24) is 5.32 Å². The van der Waals surface area contributed by atoms with E-state index in [4.69, 9.17) is 4.74 Å². The van der Waals surface area contributed by atoms with Crippen molar-refractivity contribution in [1.29, 1.82) is 0 Å². The van der Waals surface area contributed by atoms with Crippen molar-refractivity contribution in [2.75, 3.05) is 19.7 Å². The topological polar surface area (TPSA) is 41.5 Å². The Hall–Kier alpha value is -1.06. The molecule has 0 heterocycles. The van der Waals surface area contributed by atoms with Gasteiger partial charge in [-0.05, 0) is 62.0 Å². The Balaban J connectivity index is 1.39. The molecule has 1 unspecified atom stereocenters. The normalized spacial score (nSPS) is 21.1. The number of benzene rings is 1. The SMILES string of the molecule is Cc1cccc(C)c1OCC(O)CNCC1(C2CC2)CC1. The molecule has 1 aromatic rings. The third-order valence-electron chi connectivity index (χ3n) is 5.02. The molecule has 0 bridgehead atoms. The average molecular weight is 289 g/mol. The van der Waals surface area contributed by atoms with Gasteiger partial charge in [0.1, 0.15) is 18.5 Å². The third kappa shape index (κ3) is 3.58. The van der Waals surface area contributed by atoms with Gasteiger partial charge in [-0.25, -0.2) is 0 Å². The van der Waals surface area contributed by atoms with Gasteiger partial charge in [0.2, 0.25) is 0 Å². The first-order valence-corrected chi connectivity index (χ1v) is 8.18. The number of aliphatic hydroxyl groups is 1. The maximum Gasteiger partial charge on any atom is 0.125 e. The number of aliphatic hydroxyl groups excluding tert-OH is 1. The Kier molecular flexibility index (Phi) is 4.23. The highest BCUT2D eigenvalue weighted by Crippen LogP contribution is 2.60. The van der Waals surface area contributed by atoms with Gasteiger partial charge in [0, 0.05) is 13.1 Å². The monoisotopic (exact) mass is 289 g/mol. The maximum atomic E-state index is 10.1. The van der Waals surface area contributed by atoms with Crippen LogP contribution in [0.2, 0.25) is 0 Å². The minimum Gasteiger partial charge on any atom is -0.490 e. The summed E-state index contributed by atoms with van der Waals surface area (Å²) in [4.78, 5) is 0. The fourth-order valence-corrected chi connectivity index (χ4v) is 3.34. The molecule has 2 fully saturated rings. The summed E-state index contributed by atoms with van der Waals surface area (Å²) in [6.07, 6.45) is 5.14. The molecule has 2 aliphatic carbocycles. The number of aryl methyl sites for hydroxylation is 2. The highest BCUT2D eigenvalue weighted by molar-refractivity contribution is 5.39. The number of nitrogens with one attached hydrogen (secondary N) is 1. The molecule has 3 heteroatoms. The largest absolute Gasteiger partial charge is 0.490 e. The van der Waals surface area contributed by atoms with Crippen LogP contribution in [0.15, 0.2) is 18.2 Å². The second-order valence-corrected chi connectivity index (χ2v) is 6.95. The van der Waals surface area contributed by atoms with Crippen LogP contribution in [0, 0.1) is 25.2 Å². The van der Waals surface area contributed by atoms with Crippen molar-refractivity contribution in [2.45, 2.75) is 45.6 Å². The summed E-state index contributed by atoms with van der Waals surface area (Å²) >= 11 is 0. The molecule has 1 aromatic carbocycles. The Bertz CT molecular complexity index is 472. The molecular weight excluding hydrogens is 262 g/mol. The lowest BCUT2D eigenvalue weighted by Gasteiger charge is -2.19. The van der Waals surface area contributed by atoms with Crippen molar-refractivity contribution in [2.24, 2.45) is 11.3 Å². The van der Waals surface area contributed by atoms with Crippen LogP contribution >= 0.6 is 0 Å². The molecule has 2 N–H and O–H groups in total. The van der Waals surface area contributed by atoms with Gasteiger partial charge in [-0.3, -0.25) is 0 Å². The van der Waals surface area contributed by atoms with Crippen LogP contribution in [-0.2, 0) is 0 Å². The summed E-state index contributed by atoms with van der Waals surface area (Å²) in [5.41, 5.74) is 2.84. The van der Waals surface area contributed by atoms with E-state index >= 15 is 0 Å². The van der Waals surface area contributed by atoms with E-state index in [1.54, 1.807) is 0 Å². The third-order valence-corrected chi connectivity index (χ3v) is 5.02. The van der Waals surface area contributed by atoms with Crippen LogP contribution in [-0.4, -0.2) is 30.9 Å². The van der Waals surface area contributed by atoms with Gasteiger partial charge >= 0.3 is 0 Å². The Morgan fingerprint density at radius 3 is 2.52 bits per heavy atom. The zero-order valence-electron chi connectivity index (χ0n) is 13.2. The Morgan fingerprint density at radius 1 is 1.29 bits per heavy atom. The lowest BCUT2D eigenvalue weighted by molar-refractivity contribution is 0.104. The second-order valence-electron chi connectivity index (χ2n) is 6.95. The van der Waals surface area contributed by atoms with E-state index in [1.165, 1.54) is 25.7 Å². The van der Waals surface area contributed by atoms with Gasteiger partial charge < -0.3 is 15.2 Å². The molecule has 0 radical (unpaired) electrons. The van der Waals surface area contributed by atoms with E-state index in [0.717, 1.165) is 29.3 Å². The van der Waals surface area contributed by atoms with Gasteiger partial charge in [-0.15, -0.1) is 0 Å². The van der Waals surface area contributed by atoms with E-state index in [2.05, 4.69) is 5.32 Å². The molecule has 3 nitrogen and oxygen atoms in total. The first-order chi connectivity index (χ1) is 10.1. The average Bonchev–Trinajstić information content (AvgIpc) is 3.31. The molecule has 2 saturated carbocycles. The Morgan fingerprint density at radius 2 is 1.95 bits per heavy atom. The lowest BCUT2D eigenvalue weighted by atomic mass is 10.0. The van der Waals surface area contributed by atoms with Crippen LogP contribution in [0.1, 0.15) is 36.8 Å². The first-order valence-electron chi connectivity index (χ1n) is 8.18. The van der Waals surface area contributed by atoms with Crippen LogP contribution in [0.3, 0.4) is 0 Å². The van der Waals surface area contributed by atoms with Crippen molar-refractivity contribution in [3.8, 4) is 5.75 Å². The zero-order valence-corrected chi connectivity index (χ0v) is 13.2. The van der Waals surface area contributed by atoms with Gasteiger partial charge in [-0.2, -0.15) is 0 Å². The van der Waals surface area contributed by atoms with Gasteiger partial charge in [-0.1, -0.05) is 18.2 Å². The summed E-state index contributed by atoms with van der Waals surface area (Å²) in [6, 6.07) is 6.11. The first kappa shape index (κ1) is 14.9. The molecule has 3 rings (SSSR count). The molecule has 1 atom stereocenters. The summed E-state index contributed by atoms with van der Waals surface area (Å²) < 4.78 is 5.80. The van der Waals surface area contributed by atoms with Crippen LogP contribution in [0.4, 0.5) is 0 Å². The van der Waals surface area contributed by atoms with E-state index < -0.39 is 6.10 Å². The van der Waals surface area contributed by atoms with Crippen LogP contribution in [0.25, 0.3) is 0 Å². The summed E-state index contributed by atoms with van der Waals surface area (Å²) in [5, 5.41) is 13.5. The molecule has 21 heavy (non-hydrogen) atoms. The van der Waals surface area contributed by atoms with Crippen LogP contribution in [0.5, 0.6) is 5.75 Å². The standard InChI is InChI=1S/C18H27NO2/c1-13-4-3-5-14(2)17(13)21-11-16(20)10-19-12-18(8-9-18)15-6-7-15/h3-5,15-16,19-20H,6-12H2,1-2H3. The van der Waals surface area contributed by atoms with Crippen molar-refractivity contribution < 1.29 is 9.84 Å². The van der Waals surface area contributed by atoms with Gasteiger partial charge in [0.25, 0.3) is 0 Å². The molecule has 2 aliphatic rings. The van der Waals surface area contributed by atoms with E-state index in [1.807, 2.05) is 32.0 Å². The van der Waals surface area contributed by atoms with Crippen molar-refractivity contribution in [3.05, 3.63) is 29.3 Å². The number of hydrogen-bond acceptors (Lipinski definition) is 3. The molecule has 0 saturated heterocycles. The van der Waals surface area contributed by atoms with Crippen LogP contribution < -0.4 is 10.1 Å². The molecule has 0 aliphatic heterocycles. The van der Waals surface area contributed by atoms with E-state index in [0.29, 0.717) is 18.6 Å². The lowest BCUT2D eigenvalue weighted by Crippen LogP contribution is -2.35. The Labute approximate surface area is 127 Å². The summed E-state index contributed by atoms with van der Waals surface area (Å²) in [7, 11) is 0. The minimum atomic E-state index is -0.445. The minimum absolute atomic E-state index is 0.356. The predicted octanol–water partition coefficient (Wildman–Crippen LogP) is 2.82. The molecule has 116 valence electrons. The fraction of sp³-hybridized carbons (Fsp3) is 0.667. The maximum absolute atomic E-state index is 10.1. The van der Waals surface area contributed by atoms with E-state index in [-0.39, 0.29) is 0 Å². The van der Waals surface area contributed by atoms with Gasteiger partial charge in [0.05, 0.1) is 0 Å². The molecule has 0 aromatic heterocycles. The highest BCUT2D eigenvalue weighted by Gasteiger charge is 2.53. The molecule has 0 spiro atoms. The molecular formula is C18H27NO2. The number of para-hydroxylation sites is 1. The fourth-order valence-electron chi connectivity index (χ4n) is 3.34. The van der Waals surface area contributed by atoms with Crippen molar-refractivity contribution in [3.63, 3.8) is 0 Å². The molecule has 0 amide bonds. The predicted molar refractivity (Wildman–Crippen MR) is 84.7 cm³/mol. The smallest absolute Gasteiger partial charge is 0.125 e. The number of hydrogen-bond donors (Lipinski definition) is 2. The summed E-state index contributed by atoms with van der Waals surface area (Å²) in [5.74, 6) is 1.88. The van der Waals surface area contributed by atoms with Gasteiger partial charge in [0.15, 0.2) is 0 Å². The number of ether oxygens (including phenoxy) is 1. The zero-order chi connectivity index (χ0) is 14.9. The quantitative estimate of drug-likeness (QED) is 0.773. The van der Waals surface area contributed by atoms with Crippen molar-refractivity contribution >= 4 is 0 Å². The number of rotatable bonds is 8. The second kappa shape index (κ2) is 5.98. The summed E-state index contributed by atoms with van der Waals surface area (Å²) in [6.45, 7) is 6.13.